The fourth-order valence-electron chi connectivity index (χ4n) is 2.06. The van der Waals surface area contributed by atoms with Crippen LogP contribution in [0.25, 0.3) is 0 Å². The Hall–Kier alpha value is -1.80. The summed E-state index contributed by atoms with van der Waals surface area (Å²) in [5.74, 6) is 1.21. The summed E-state index contributed by atoms with van der Waals surface area (Å²) < 4.78 is 5.35. The Morgan fingerprint density at radius 1 is 1.65 bits per heavy atom. The van der Waals surface area contributed by atoms with E-state index in [1.165, 1.54) is 0 Å². The molecule has 5 nitrogen and oxygen atoms in total. The molecule has 0 aromatic carbocycles. The third-order valence-corrected chi connectivity index (χ3v) is 2.92. The molecule has 1 atom stereocenters. The maximum absolute atomic E-state index is 12.3. The lowest BCUT2D eigenvalue weighted by atomic mass is 10.1. The predicted molar refractivity (Wildman–Crippen MR) is 61.5 cm³/mol. The Kier molecular flexibility index (Phi) is 3.16. The number of carbonyl (C=O) groups is 1. The van der Waals surface area contributed by atoms with Crippen molar-refractivity contribution in [1.29, 1.82) is 5.26 Å². The summed E-state index contributed by atoms with van der Waals surface area (Å²) in [6.07, 6.45) is 0. The largest absolute Gasteiger partial charge is 0.466 e. The second kappa shape index (κ2) is 4.60. The van der Waals surface area contributed by atoms with Gasteiger partial charge in [-0.3, -0.25) is 4.79 Å². The SMILES string of the molecule is Cc1cc(C(=O)N2CCNCC2C#N)c(C)o1. The van der Waals surface area contributed by atoms with Crippen molar-refractivity contribution >= 4 is 5.91 Å². The molecular weight excluding hydrogens is 218 g/mol. The van der Waals surface area contributed by atoms with Crippen molar-refractivity contribution in [2.24, 2.45) is 0 Å². The monoisotopic (exact) mass is 233 g/mol. The summed E-state index contributed by atoms with van der Waals surface area (Å²) in [6.45, 7) is 5.38. The van der Waals surface area contributed by atoms with Gasteiger partial charge in [-0.1, -0.05) is 0 Å². The predicted octanol–water partition coefficient (Wildman–Crippen LogP) is 0.834. The molecule has 0 aliphatic carbocycles. The number of hydrogen-bond donors (Lipinski definition) is 1. The van der Waals surface area contributed by atoms with Gasteiger partial charge in [0, 0.05) is 19.6 Å². The average molecular weight is 233 g/mol. The first kappa shape index (κ1) is 11.7. The van der Waals surface area contributed by atoms with Crippen molar-refractivity contribution in [3.63, 3.8) is 0 Å². The highest BCUT2D eigenvalue weighted by Crippen LogP contribution is 2.17. The number of amides is 1. The Bertz CT molecular complexity index is 473. The number of nitriles is 1. The Morgan fingerprint density at radius 2 is 2.41 bits per heavy atom. The second-order valence-electron chi connectivity index (χ2n) is 4.17. The van der Waals surface area contributed by atoms with Crippen LogP contribution in [0.5, 0.6) is 0 Å². The summed E-state index contributed by atoms with van der Waals surface area (Å²) >= 11 is 0. The molecule has 1 N–H and O–H groups in total. The van der Waals surface area contributed by atoms with E-state index < -0.39 is 6.04 Å². The third kappa shape index (κ3) is 2.17. The Labute approximate surface area is 100 Å². The van der Waals surface area contributed by atoms with Gasteiger partial charge in [-0.2, -0.15) is 5.26 Å². The van der Waals surface area contributed by atoms with Gasteiger partial charge in [0.1, 0.15) is 17.6 Å². The number of carbonyl (C=O) groups excluding carboxylic acids is 1. The molecule has 5 heteroatoms. The van der Waals surface area contributed by atoms with E-state index in [4.69, 9.17) is 9.68 Å². The van der Waals surface area contributed by atoms with Crippen LogP contribution in [0.1, 0.15) is 21.9 Å². The Balaban J connectivity index is 2.24. The van der Waals surface area contributed by atoms with Gasteiger partial charge in [-0.05, 0) is 19.9 Å². The highest BCUT2D eigenvalue weighted by atomic mass is 16.3. The second-order valence-corrected chi connectivity index (χ2v) is 4.17. The Morgan fingerprint density at radius 3 is 3.00 bits per heavy atom. The van der Waals surface area contributed by atoms with Crippen LogP contribution < -0.4 is 5.32 Å². The molecule has 1 aliphatic heterocycles. The van der Waals surface area contributed by atoms with Crippen LogP contribution in [0.2, 0.25) is 0 Å². The molecule has 1 unspecified atom stereocenters. The maximum Gasteiger partial charge on any atom is 0.258 e. The average Bonchev–Trinajstić information content (AvgIpc) is 2.67. The minimum absolute atomic E-state index is 0.118. The molecule has 1 aromatic rings. The molecule has 2 rings (SSSR count). The van der Waals surface area contributed by atoms with Gasteiger partial charge >= 0.3 is 0 Å². The zero-order valence-electron chi connectivity index (χ0n) is 9.99. The number of nitrogens with one attached hydrogen (secondary N) is 1. The van der Waals surface area contributed by atoms with E-state index in [2.05, 4.69) is 11.4 Å². The number of furan rings is 1. The van der Waals surface area contributed by atoms with Gasteiger partial charge in [0.05, 0.1) is 11.6 Å². The first-order valence-electron chi connectivity index (χ1n) is 5.62. The van der Waals surface area contributed by atoms with Crippen LogP contribution in [-0.2, 0) is 0 Å². The van der Waals surface area contributed by atoms with Crippen LogP contribution in [0.15, 0.2) is 10.5 Å². The molecule has 2 heterocycles. The van der Waals surface area contributed by atoms with Crippen LogP contribution in [0, 0.1) is 25.2 Å². The number of aryl methyl sites for hydroxylation is 2. The van der Waals surface area contributed by atoms with Crippen molar-refractivity contribution in [3.8, 4) is 6.07 Å². The van der Waals surface area contributed by atoms with E-state index in [-0.39, 0.29) is 5.91 Å². The van der Waals surface area contributed by atoms with Crippen LogP contribution in [-0.4, -0.2) is 36.5 Å². The molecule has 17 heavy (non-hydrogen) atoms. The maximum atomic E-state index is 12.3. The van der Waals surface area contributed by atoms with Gasteiger partial charge in [-0.15, -0.1) is 0 Å². The van der Waals surface area contributed by atoms with Crippen molar-refractivity contribution in [3.05, 3.63) is 23.2 Å². The highest BCUT2D eigenvalue weighted by molar-refractivity contribution is 5.95. The summed E-state index contributed by atoms with van der Waals surface area (Å²) in [5.41, 5.74) is 0.560. The van der Waals surface area contributed by atoms with E-state index in [1.807, 2.05) is 6.92 Å². The van der Waals surface area contributed by atoms with Gasteiger partial charge in [0.15, 0.2) is 0 Å². The number of hydrogen-bond acceptors (Lipinski definition) is 4. The molecule has 0 radical (unpaired) electrons. The van der Waals surface area contributed by atoms with E-state index in [1.54, 1.807) is 17.9 Å². The molecule has 90 valence electrons. The molecular formula is C12H15N3O2. The normalized spacial score (nSPS) is 20.1. The highest BCUT2D eigenvalue weighted by Gasteiger charge is 2.29. The van der Waals surface area contributed by atoms with Gasteiger partial charge in [0.2, 0.25) is 0 Å². The number of rotatable bonds is 1. The summed E-state index contributed by atoms with van der Waals surface area (Å²) in [5, 5.41) is 12.1. The smallest absolute Gasteiger partial charge is 0.258 e. The van der Waals surface area contributed by atoms with Gasteiger partial charge in [0.25, 0.3) is 5.91 Å². The molecule has 0 bridgehead atoms. The minimum atomic E-state index is -0.397. The van der Waals surface area contributed by atoms with E-state index in [0.29, 0.717) is 24.4 Å². The summed E-state index contributed by atoms with van der Waals surface area (Å²) in [6, 6.07) is 3.48. The molecule has 0 saturated carbocycles. The van der Waals surface area contributed by atoms with Crippen LogP contribution in [0.3, 0.4) is 0 Å². The lowest BCUT2D eigenvalue weighted by molar-refractivity contribution is 0.0685. The molecule has 1 saturated heterocycles. The third-order valence-electron chi connectivity index (χ3n) is 2.92. The van der Waals surface area contributed by atoms with Crippen molar-refractivity contribution in [2.45, 2.75) is 19.9 Å². The quantitative estimate of drug-likeness (QED) is 0.780. The van der Waals surface area contributed by atoms with Gasteiger partial charge in [-0.25, -0.2) is 0 Å². The minimum Gasteiger partial charge on any atom is -0.466 e. The fourth-order valence-corrected chi connectivity index (χ4v) is 2.06. The topological polar surface area (TPSA) is 69.3 Å². The zero-order valence-corrected chi connectivity index (χ0v) is 9.99. The van der Waals surface area contributed by atoms with E-state index in [0.717, 1.165) is 12.3 Å². The van der Waals surface area contributed by atoms with Crippen molar-refractivity contribution in [1.82, 2.24) is 10.2 Å². The molecule has 1 fully saturated rings. The number of nitrogens with zero attached hydrogens (tertiary/aromatic N) is 2. The molecule has 1 aromatic heterocycles. The van der Waals surface area contributed by atoms with E-state index >= 15 is 0 Å². The zero-order chi connectivity index (χ0) is 12.4. The fraction of sp³-hybridized carbons (Fsp3) is 0.500. The lowest BCUT2D eigenvalue weighted by Gasteiger charge is -2.31. The van der Waals surface area contributed by atoms with Crippen LogP contribution in [0.4, 0.5) is 0 Å². The molecule has 1 amide bonds. The first-order chi connectivity index (χ1) is 8.13. The molecule has 1 aliphatic rings. The summed E-state index contributed by atoms with van der Waals surface area (Å²) in [7, 11) is 0. The standard InChI is InChI=1S/C12H15N3O2/c1-8-5-11(9(2)17-8)12(16)15-4-3-14-7-10(15)6-13/h5,10,14H,3-4,7H2,1-2H3. The lowest BCUT2D eigenvalue weighted by Crippen LogP contribution is -2.53. The summed E-state index contributed by atoms with van der Waals surface area (Å²) in [4.78, 5) is 13.9. The van der Waals surface area contributed by atoms with E-state index in [9.17, 15) is 4.79 Å². The van der Waals surface area contributed by atoms with Crippen LogP contribution >= 0.6 is 0 Å². The van der Waals surface area contributed by atoms with Gasteiger partial charge < -0.3 is 14.6 Å². The first-order valence-corrected chi connectivity index (χ1v) is 5.62. The molecule has 0 spiro atoms. The van der Waals surface area contributed by atoms with Crippen molar-refractivity contribution < 1.29 is 9.21 Å². The van der Waals surface area contributed by atoms with Crippen molar-refractivity contribution in [2.75, 3.05) is 19.6 Å². The number of piperazine rings is 1.